The summed E-state index contributed by atoms with van der Waals surface area (Å²) < 4.78 is 15.9. The van der Waals surface area contributed by atoms with Crippen molar-refractivity contribution in [2.75, 3.05) is 32.8 Å². The Morgan fingerprint density at radius 1 is 0.894 bits per heavy atom. The predicted molar refractivity (Wildman–Crippen MR) is 173 cm³/mol. The number of benzene rings is 2. The van der Waals surface area contributed by atoms with Crippen molar-refractivity contribution in [1.29, 1.82) is 0 Å². The Hall–Kier alpha value is -4.45. The zero-order chi connectivity index (χ0) is 33.8. The number of hydrogen-bond donors (Lipinski definition) is 2. The largest absolute Gasteiger partial charge is 0.465 e. The van der Waals surface area contributed by atoms with E-state index < -0.39 is 42.2 Å². The lowest BCUT2D eigenvalue weighted by molar-refractivity contribution is -0.156. The average molecular weight is 651 g/mol. The molecule has 0 spiro atoms. The first-order valence-electron chi connectivity index (χ1n) is 16.4. The molecule has 0 unspecified atom stereocenters. The van der Waals surface area contributed by atoms with Crippen LogP contribution < -0.4 is 10.6 Å². The molecule has 2 heterocycles. The van der Waals surface area contributed by atoms with Crippen LogP contribution in [-0.2, 0) is 46.4 Å². The second kappa shape index (κ2) is 17.5. The third-order valence-corrected chi connectivity index (χ3v) is 8.66. The second-order valence-electron chi connectivity index (χ2n) is 11.8. The van der Waals surface area contributed by atoms with Gasteiger partial charge in [0.25, 0.3) is 0 Å². The number of carbonyl (C=O) groups excluding carboxylic acids is 5. The highest BCUT2D eigenvalue weighted by atomic mass is 16.5. The van der Waals surface area contributed by atoms with Crippen molar-refractivity contribution in [1.82, 2.24) is 20.4 Å². The summed E-state index contributed by atoms with van der Waals surface area (Å²) in [6, 6.07) is 16.1. The fourth-order valence-corrected chi connectivity index (χ4v) is 6.29. The second-order valence-corrected chi connectivity index (χ2v) is 11.8. The van der Waals surface area contributed by atoms with E-state index in [0.717, 1.165) is 11.1 Å². The van der Waals surface area contributed by atoms with Gasteiger partial charge in [0.05, 0.1) is 25.3 Å². The number of fused-ring (bicyclic) bond motifs is 1. The van der Waals surface area contributed by atoms with Gasteiger partial charge in [-0.05, 0) is 63.5 Å². The van der Waals surface area contributed by atoms with Crippen molar-refractivity contribution < 1.29 is 38.2 Å². The molecule has 4 rings (SSSR count). The summed E-state index contributed by atoms with van der Waals surface area (Å²) in [5.41, 5.74) is 1.88. The number of rotatable bonds is 14. The maximum atomic E-state index is 14.1. The molecule has 0 bridgehead atoms. The smallest absolute Gasteiger partial charge is 0.407 e. The molecule has 2 aromatic carbocycles. The molecular weight excluding hydrogens is 604 g/mol. The van der Waals surface area contributed by atoms with Crippen LogP contribution in [0.3, 0.4) is 0 Å². The van der Waals surface area contributed by atoms with Gasteiger partial charge in [-0.25, -0.2) is 9.59 Å². The summed E-state index contributed by atoms with van der Waals surface area (Å²) in [6.45, 7) is 5.93. The number of nitrogens with one attached hydrogen (secondary N) is 2. The van der Waals surface area contributed by atoms with Crippen molar-refractivity contribution in [3.8, 4) is 0 Å². The zero-order valence-corrected chi connectivity index (χ0v) is 27.4. The molecular formula is C35H46N4O8. The number of amides is 3. The number of piperidine rings is 1. The van der Waals surface area contributed by atoms with Crippen molar-refractivity contribution >= 4 is 29.8 Å². The Morgan fingerprint density at radius 3 is 2.21 bits per heavy atom. The highest BCUT2D eigenvalue weighted by Gasteiger charge is 2.51. The molecule has 254 valence electrons. The van der Waals surface area contributed by atoms with Crippen molar-refractivity contribution in [3.63, 3.8) is 0 Å². The quantitative estimate of drug-likeness (QED) is 0.233. The first-order chi connectivity index (χ1) is 22.7. The molecule has 2 aliphatic heterocycles. The normalized spacial score (nSPS) is 20.0. The average Bonchev–Trinajstić information content (AvgIpc) is 3.47. The molecule has 2 fully saturated rings. The fourth-order valence-electron chi connectivity index (χ4n) is 6.29. The van der Waals surface area contributed by atoms with Gasteiger partial charge in [0.2, 0.25) is 11.8 Å². The van der Waals surface area contributed by atoms with E-state index in [9.17, 15) is 24.0 Å². The molecule has 2 saturated heterocycles. The molecule has 0 radical (unpaired) electrons. The maximum Gasteiger partial charge on any atom is 0.407 e. The molecule has 12 heteroatoms. The number of aryl methyl sites for hydroxylation is 1. The van der Waals surface area contributed by atoms with Crippen LogP contribution in [0.2, 0.25) is 0 Å². The Labute approximate surface area is 276 Å². The lowest BCUT2D eigenvalue weighted by atomic mass is 9.91. The lowest BCUT2D eigenvalue weighted by Gasteiger charge is -2.40. The van der Waals surface area contributed by atoms with Crippen LogP contribution in [0.5, 0.6) is 0 Å². The van der Waals surface area contributed by atoms with Crippen LogP contribution in [0, 0.1) is 5.92 Å². The molecule has 2 N–H and O–H groups in total. The van der Waals surface area contributed by atoms with Crippen molar-refractivity contribution in [2.24, 2.45) is 5.92 Å². The minimum atomic E-state index is -0.831. The topological polar surface area (TPSA) is 144 Å². The summed E-state index contributed by atoms with van der Waals surface area (Å²) in [5, 5.41) is 5.68. The van der Waals surface area contributed by atoms with E-state index in [-0.39, 0.29) is 50.6 Å². The Bertz CT molecular complexity index is 1360. The monoisotopic (exact) mass is 650 g/mol. The number of hydrogen-bond acceptors (Lipinski definition) is 9. The van der Waals surface area contributed by atoms with Crippen LogP contribution in [-0.4, -0.2) is 96.7 Å². The lowest BCUT2D eigenvalue weighted by Crippen LogP contribution is -2.59. The van der Waals surface area contributed by atoms with Gasteiger partial charge in [-0.3, -0.25) is 19.7 Å². The number of nitrogens with zero attached hydrogens (tertiary/aromatic N) is 2. The van der Waals surface area contributed by atoms with E-state index in [4.69, 9.17) is 14.2 Å². The third kappa shape index (κ3) is 9.77. The standard InChI is InChI=1S/C35H46N4O8/c1-4-45-33(42)28(17-16-25-12-8-6-9-13-25)37-24(3)32(41)39-29(34(43)46-5-2)20-27-18-19-38(22-30(27)39)31(40)21-36-35(44)47-23-26-14-10-7-11-15-26/h6-15,24,27-30,37H,4-5,16-23H2,1-3H3,(H,36,44)/t24-,27+,28+,29+,30+/m1/s1. The molecule has 2 aliphatic rings. The fraction of sp³-hybridized carbons (Fsp3) is 0.514. The van der Waals surface area contributed by atoms with Crippen LogP contribution in [0.25, 0.3) is 0 Å². The van der Waals surface area contributed by atoms with E-state index in [1.165, 1.54) is 0 Å². The van der Waals surface area contributed by atoms with Crippen LogP contribution in [0.4, 0.5) is 4.79 Å². The van der Waals surface area contributed by atoms with Crippen LogP contribution in [0.1, 0.15) is 51.2 Å². The molecule has 0 aliphatic carbocycles. The Kier molecular flexibility index (Phi) is 13.2. The van der Waals surface area contributed by atoms with E-state index in [1.807, 2.05) is 60.7 Å². The SMILES string of the molecule is CCOC(=O)[C@H](CCc1ccccc1)N[C@H](C)C(=O)N1[C@H](C(=O)OCC)C[C@@H]2CCN(C(=O)CNC(=O)OCc3ccccc3)C[C@@H]21. The molecule has 5 atom stereocenters. The maximum absolute atomic E-state index is 14.1. The number of alkyl carbamates (subject to hydrolysis) is 1. The van der Waals surface area contributed by atoms with Gasteiger partial charge in [-0.2, -0.15) is 0 Å². The zero-order valence-electron chi connectivity index (χ0n) is 27.4. The Balaban J connectivity index is 1.41. The van der Waals surface area contributed by atoms with Crippen LogP contribution >= 0.6 is 0 Å². The highest BCUT2D eigenvalue weighted by Crippen LogP contribution is 2.37. The predicted octanol–water partition coefficient (Wildman–Crippen LogP) is 2.84. The Morgan fingerprint density at radius 2 is 1.55 bits per heavy atom. The first kappa shape index (κ1) is 35.4. The number of likely N-dealkylation sites (tertiary alicyclic amines) is 2. The van der Waals surface area contributed by atoms with Gasteiger partial charge >= 0.3 is 18.0 Å². The number of ether oxygens (including phenoxy) is 3. The van der Waals surface area contributed by atoms with Gasteiger partial charge < -0.3 is 29.3 Å². The highest BCUT2D eigenvalue weighted by molar-refractivity contribution is 5.89. The molecule has 0 saturated carbocycles. The summed E-state index contributed by atoms with van der Waals surface area (Å²) >= 11 is 0. The van der Waals surface area contributed by atoms with Gasteiger partial charge in [-0.15, -0.1) is 0 Å². The minimum Gasteiger partial charge on any atom is -0.465 e. The van der Waals surface area contributed by atoms with Crippen LogP contribution in [0.15, 0.2) is 60.7 Å². The summed E-state index contributed by atoms with van der Waals surface area (Å²) in [7, 11) is 0. The molecule has 12 nitrogen and oxygen atoms in total. The molecule has 2 aromatic rings. The van der Waals surface area contributed by atoms with E-state index in [1.54, 1.807) is 30.6 Å². The van der Waals surface area contributed by atoms with Gasteiger partial charge in [0, 0.05) is 13.1 Å². The molecule has 47 heavy (non-hydrogen) atoms. The number of carbonyl (C=O) groups is 5. The minimum absolute atomic E-state index is 0.0210. The summed E-state index contributed by atoms with van der Waals surface area (Å²) in [4.78, 5) is 68.7. The van der Waals surface area contributed by atoms with Gasteiger partial charge in [0.1, 0.15) is 25.2 Å². The third-order valence-electron chi connectivity index (χ3n) is 8.66. The summed E-state index contributed by atoms with van der Waals surface area (Å²) in [6.07, 6.45) is 1.31. The van der Waals surface area contributed by atoms with E-state index >= 15 is 0 Å². The molecule has 0 aromatic heterocycles. The summed E-state index contributed by atoms with van der Waals surface area (Å²) in [5.74, 6) is -1.64. The molecule has 3 amide bonds. The van der Waals surface area contributed by atoms with Crippen molar-refractivity contribution in [2.45, 2.75) is 77.2 Å². The van der Waals surface area contributed by atoms with E-state index in [0.29, 0.717) is 32.2 Å². The first-order valence-corrected chi connectivity index (χ1v) is 16.4. The van der Waals surface area contributed by atoms with Gasteiger partial charge in [-0.1, -0.05) is 60.7 Å². The van der Waals surface area contributed by atoms with Gasteiger partial charge in [0.15, 0.2) is 0 Å². The van der Waals surface area contributed by atoms with E-state index in [2.05, 4.69) is 10.6 Å². The van der Waals surface area contributed by atoms with Crippen molar-refractivity contribution in [3.05, 3.63) is 71.8 Å². The number of esters is 2.